The van der Waals surface area contributed by atoms with E-state index in [0.717, 1.165) is 13.0 Å². The first-order valence-electron chi connectivity index (χ1n) is 3.57. The first kappa shape index (κ1) is 7.07. The summed E-state index contributed by atoms with van der Waals surface area (Å²) in [5, 5.41) is 0.550. The van der Waals surface area contributed by atoms with Gasteiger partial charge < -0.3 is 4.74 Å². The molecule has 1 aromatic heterocycles. The highest BCUT2D eigenvalue weighted by Crippen LogP contribution is 2.18. The lowest BCUT2D eigenvalue weighted by molar-refractivity contribution is 0.110. The Balaban J connectivity index is 2.43. The smallest absolute Gasteiger partial charge is 0.129 e. The van der Waals surface area contributed by atoms with Crippen molar-refractivity contribution in [1.29, 1.82) is 0 Å². The summed E-state index contributed by atoms with van der Waals surface area (Å²) in [7, 11) is 0. The Bertz CT molecular complexity index is 275. The van der Waals surface area contributed by atoms with Gasteiger partial charge in [-0.05, 0) is 23.6 Å². The van der Waals surface area contributed by atoms with Crippen LogP contribution in [0.1, 0.15) is 11.1 Å². The van der Waals surface area contributed by atoms with Crippen LogP contribution in [0.5, 0.6) is 0 Å². The molecule has 2 rings (SSSR count). The third-order valence-electron chi connectivity index (χ3n) is 1.82. The molecule has 0 bridgehead atoms. The molecule has 0 saturated carbocycles. The summed E-state index contributed by atoms with van der Waals surface area (Å²) in [5.41, 5.74) is 2.44. The first-order chi connectivity index (χ1) is 5.36. The zero-order valence-electron chi connectivity index (χ0n) is 6.01. The van der Waals surface area contributed by atoms with Gasteiger partial charge in [0, 0.05) is 6.20 Å². The number of aromatic nitrogens is 1. The van der Waals surface area contributed by atoms with Crippen molar-refractivity contribution in [1.82, 2.24) is 4.98 Å². The summed E-state index contributed by atoms with van der Waals surface area (Å²) >= 11 is 5.71. The van der Waals surface area contributed by atoms with Crippen LogP contribution in [0.3, 0.4) is 0 Å². The maximum Gasteiger partial charge on any atom is 0.129 e. The maximum absolute atomic E-state index is 5.71. The number of fused-ring (bicyclic) bond motifs is 1. The fraction of sp³-hybridized carbons (Fsp3) is 0.375. The molecule has 58 valence electrons. The van der Waals surface area contributed by atoms with Gasteiger partial charge in [0.2, 0.25) is 0 Å². The molecule has 0 unspecified atom stereocenters. The Morgan fingerprint density at radius 3 is 3.27 bits per heavy atom. The zero-order valence-corrected chi connectivity index (χ0v) is 6.77. The molecule has 1 aromatic rings. The van der Waals surface area contributed by atoms with E-state index in [2.05, 4.69) is 4.98 Å². The van der Waals surface area contributed by atoms with E-state index < -0.39 is 0 Å². The van der Waals surface area contributed by atoms with E-state index in [1.165, 1.54) is 11.1 Å². The van der Waals surface area contributed by atoms with Gasteiger partial charge in [-0.15, -0.1) is 0 Å². The molecule has 0 amide bonds. The van der Waals surface area contributed by atoms with Gasteiger partial charge in [0.25, 0.3) is 0 Å². The predicted molar refractivity (Wildman–Crippen MR) is 42.6 cm³/mol. The molecule has 0 aromatic carbocycles. The van der Waals surface area contributed by atoms with Gasteiger partial charge in [0.1, 0.15) is 5.15 Å². The molecule has 0 radical (unpaired) electrons. The molecule has 0 aliphatic carbocycles. The van der Waals surface area contributed by atoms with Crippen LogP contribution in [0, 0.1) is 0 Å². The lowest BCUT2D eigenvalue weighted by Gasteiger charge is -2.15. The number of rotatable bonds is 0. The van der Waals surface area contributed by atoms with Crippen molar-refractivity contribution in [2.45, 2.75) is 13.0 Å². The fourth-order valence-corrected chi connectivity index (χ4v) is 1.40. The van der Waals surface area contributed by atoms with Crippen LogP contribution >= 0.6 is 11.6 Å². The summed E-state index contributed by atoms with van der Waals surface area (Å²) in [6.07, 6.45) is 2.79. The number of ether oxygens (including phenoxy) is 1. The summed E-state index contributed by atoms with van der Waals surface area (Å²) in [5.74, 6) is 0. The molecule has 1 aliphatic rings. The number of halogens is 1. The van der Waals surface area contributed by atoms with E-state index in [1.807, 2.05) is 12.3 Å². The van der Waals surface area contributed by atoms with Crippen LogP contribution in [0.25, 0.3) is 0 Å². The third-order valence-corrected chi connectivity index (χ3v) is 2.03. The van der Waals surface area contributed by atoms with Gasteiger partial charge in [0.15, 0.2) is 0 Å². The molecule has 2 heterocycles. The quantitative estimate of drug-likeness (QED) is 0.553. The van der Waals surface area contributed by atoms with Crippen molar-refractivity contribution in [3.63, 3.8) is 0 Å². The Morgan fingerprint density at radius 1 is 1.45 bits per heavy atom. The van der Waals surface area contributed by atoms with Crippen LogP contribution in [-0.2, 0) is 17.8 Å². The van der Waals surface area contributed by atoms with Crippen molar-refractivity contribution in [3.8, 4) is 0 Å². The summed E-state index contributed by atoms with van der Waals surface area (Å²) in [6, 6.07) is 1.87. The van der Waals surface area contributed by atoms with Crippen molar-refractivity contribution in [2.24, 2.45) is 0 Å². The average Bonchev–Trinajstić information content (AvgIpc) is 2.04. The predicted octanol–water partition coefficient (Wildman–Crippen LogP) is 1.81. The van der Waals surface area contributed by atoms with E-state index in [-0.39, 0.29) is 0 Å². The Morgan fingerprint density at radius 2 is 2.36 bits per heavy atom. The van der Waals surface area contributed by atoms with Crippen molar-refractivity contribution >= 4 is 11.6 Å². The zero-order chi connectivity index (χ0) is 7.68. The molecule has 0 N–H and O–H groups in total. The number of nitrogens with zero attached hydrogens (tertiary/aromatic N) is 1. The van der Waals surface area contributed by atoms with Gasteiger partial charge in [-0.2, -0.15) is 0 Å². The third kappa shape index (κ3) is 1.37. The highest BCUT2D eigenvalue weighted by molar-refractivity contribution is 6.29. The van der Waals surface area contributed by atoms with Crippen LogP contribution in [0.2, 0.25) is 5.15 Å². The van der Waals surface area contributed by atoms with E-state index >= 15 is 0 Å². The lowest BCUT2D eigenvalue weighted by atomic mass is 10.1. The Kier molecular flexibility index (Phi) is 1.80. The normalized spacial score (nSPS) is 16.1. The molecular weight excluding hydrogens is 162 g/mol. The molecule has 3 heteroatoms. The van der Waals surface area contributed by atoms with Crippen LogP contribution < -0.4 is 0 Å². The lowest BCUT2D eigenvalue weighted by Crippen LogP contribution is -2.09. The van der Waals surface area contributed by atoms with E-state index in [9.17, 15) is 0 Å². The van der Waals surface area contributed by atoms with E-state index in [1.54, 1.807) is 0 Å². The highest BCUT2D eigenvalue weighted by atomic mass is 35.5. The molecule has 11 heavy (non-hydrogen) atoms. The Hall–Kier alpha value is -0.600. The summed E-state index contributed by atoms with van der Waals surface area (Å²) < 4.78 is 5.26. The molecule has 2 nitrogen and oxygen atoms in total. The number of pyridine rings is 1. The molecule has 0 saturated heterocycles. The minimum Gasteiger partial charge on any atom is -0.376 e. The average molecular weight is 170 g/mol. The SMILES string of the molecule is Clc1cc2c(cn1)CCOC2. The van der Waals surface area contributed by atoms with Gasteiger partial charge in [-0.3, -0.25) is 0 Å². The van der Waals surface area contributed by atoms with Gasteiger partial charge in [0.05, 0.1) is 13.2 Å². The van der Waals surface area contributed by atoms with Gasteiger partial charge in [-0.1, -0.05) is 11.6 Å². The monoisotopic (exact) mass is 169 g/mol. The second-order valence-corrected chi connectivity index (χ2v) is 2.97. The highest BCUT2D eigenvalue weighted by Gasteiger charge is 2.09. The largest absolute Gasteiger partial charge is 0.376 e. The maximum atomic E-state index is 5.71. The minimum atomic E-state index is 0.550. The van der Waals surface area contributed by atoms with E-state index in [4.69, 9.17) is 16.3 Å². The number of hydrogen-bond donors (Lipinski definition) is 0. The Labute approximate surface area is 70.2 Å². The number of hydrogen-bond acceptors (Lipinski definition) is 2. The standard InChI is InChI=1S/C8H8ClNO/c9-8-3-7-5-11-2-1-6(7)4-10-8/h3-4H,1-2,5H2. The second-order valence-electron chi connectivity index (χ2n) is 2.58. The van der Waals surface area contributed by atoms with Crippen LogP contribution in [0.15, 0.2) is 12.3 Å². The van der Waals surface area contributed by atoms with Crippen LogP contribution in [0.4, 0.5) is 0 Å². The van der Waals surface area contributed by atoms with Crippen LogP contribution in [-0.4, -0.2) is 11.6 Å². The van der Waals surface area contributed by atoms with Gasteiger partial charge in [-0.25, -0.2) is 4.98 Å². The summed E-state index contributed by atoms with van der Waals surface area (Å²) in [4.78, 5) is 4.00. The second kappa shape index (κ2) is 2.80. The first-order valence-corrected chi connectivity index (χ1v) is 3.95. The van der Waals surface area contributed by atoms with Crippen molar-refractivity contribution in [2.75, 3.05) is 6.61 Å². The molecular formula is C8H8ClNO. The molecule has 0 spiro atoms. The molecule has 0 atom stereocenters. The molecule has 0 fully saturated rings. The summed E-state index contributed by atoms with van der Waals surface area (Å²) in [6.45, 7) is 1.48. The van der Waals surface area contributed by atoms with Crippen molar-refractivity contribution in [3.05, 3.63) is 28.5 Å². The molecule has 1 aliphatic heterocycles. The van der Waals surface area contributed by atoms with Crippen molar-refractivity contribution < 1.29 is 4.74 Å². The minimum absolute atomic E-state index is 0.550. The topological polar surface area (TPSA) is 22.1 Å². The fourth-order valence-electron chi connectivity index (χ4n) is 1.22. The van der Waals surface area contributed by atoms with E-state index in [0.29, 0.717) is 11.8 Å². The van der Waals surface area contributed by atoms with Gasteiger partial charge >= 0.3 is 0 Å².